The average molecular weight is 344 g/mol. The number of nitrogens with zero attached hydrogens (tertiary/aromatic N) is 4. The van der Waals surface area contributed by atoms with E-state index in [-0.39, 0.29) is 23.6 Å². The summed E-state index contributed by atoms with van der Waals surface area (Å²) < 4.78 is 7.26. The molecule has 7 heteroatoms. The Morgan fingerprint density at radius 1 is 1.28 bits per heavy atom. The molecule has 1 aliphatic rings. The molecule has 0 aromatic carbocycles. The summed E-state index contributed by atoms with van der Waals surface area (Å²) in [5, 5.41) is 0. The SMILES string of the molecule is Cc1cc(C)n(CC(=O)N2CCc3oc(C(C)(C)C)nc3C2)c(=O)n1. The van der Waals surface area contributed by atoms with Crippen LogP contribution in [0.3, 0.4) is 0 Å². The number of amides is 1. The van der Waals surface area contributed by atoms with Gasteiger partial charge in [0.2, 0.25) is 5.91 Å². The Kier molecular flexibility index (Phi) is 4.26. The summed E-state index contributed by atoms with van der Waals surface area (Å²) in [6.45, 7) is 10.7. The highest BCUT2D eigenvalue weighted by Gasteiger charge is 2.29. The lowest BCUT2D eigenvalue weighted by Crippen LogP contribution is -2.40. The first-order chi connectivity index (χ1) is 11.6. The first kappa shape index (κ1) is 17.4. The summed E-state index contributed by atoms with van der Waals surface area (Å²) in [5.41, 5.74) is 1.66. The van der Waals surface area contributed by atoms with E-state index in [0.29, 0.717) is 31.1 Å². The number of fused-ring (bicyclic) bond motifs is 1. The van der Waals surface area contributed by atoms with Crippen molar-refractivity contribution in [3.05, 3.63) is 45.3 Å². The van der Waals surface area contributed by atoms with Crippen molar-refractivity contribution in [2.24, 2.45) is 0 Å². The van der Waals surface area contributed by atoms with Crippen molar-refractivity contribution >= 4 is 5.91 Å². The molecule has 1 aliphatic heterocycles. The van der Waals surface area contributed by atoms with Gasteiger partial charge in [0, 0.05) is 29.8 Å². The summed E-state index contributed by atoms with van der Waals surface area (Å²) in [5.74, 6) is 1.45. The lowest BCUT2D eigenvalue weighted by Gasteiger charge is -2.25. The Labute approximate surface area is 146 Å². The smallest absolute Gasteiger partial charge is 0.348 e. The van der Waals surface area contributed by atoms with Crippen LogP contribution in [0.25, 0.3) is 0 Å². The molecule has 0 radical (unpaired) electrons. The standard InChI is InChI=1S/C18H24N4O3/c1-11-8-12(2)22(17(24)19-11)10-15(23)21-7-6-14-13(9-21)20-16(25-14)18(3,4)5/h8H,6-7,9-10H2,1-5H3. The second kappa shape index (κ2) is 6.13. The zero-order valence-corrected chi connectivity index (χ0v) is 15.4. The van der Waals surface area contributed by atoms with E-state index in [0.717, 1.165) is 17.1 Å². The highest BCUT2D eigenvalue weighted by atomic mass is 16.4. The van der Waals surface area contributed by atoms with Gasteiger partial charge in [-0.25, -0.2) is 9.78 Å². The van der Waals surface area contributed by atoms with Crippen molar-refractivity contribution in [3.63, 3.8) is 0 Å². The predicted octanol–water partition coefficient (Wildman–Crippen LogP) is 1.73. The molecule has 7 nitrogen and oxygen atoms in total. The molecular formula is C18H24N4O3. The second-order valence-corrected chi connectivity index (χ2v) is 7.61. The molecule has 0 spiro atoms. The molecule has 1 amide bonds. The minimum absolute atomic E-state index is 0.00272. The van der Waals surface area contributed by atoms with Gasteiger partial charge in [-0.3, -0.25) is 9.36 Å². The van der Waals surface area contributed by atoms with Gasteiger partial charge in [0.15, 0.2) is 5.89 Å². The van der Waals surface area contributed by atoms with Gasteiger partial charge in [-0.15, -0.1) is 0 Å². The van der Waals surface area contributed by atoms with E-state index in [1.807, 2.05) is 27.7 Å². The zero-order valence-electron chi connectivity index (χ0n) is 15.4. The molecule has 0 saturated heterocycles. The number of hydrogen-bond acceptors (Lipinski definition) is 5. The van der Waals surface area contributed by atoms with Gasteiger partial charge in [-0.1, -0.05) is 20.8 Å². The summed E-state index contributed by atoms with van der Waals surface area (Å²) >= 11 is 0. The summed E-state index contributed by atoms with van der Waals surface area (Å²) in [6, 6.07) is 1.80. The summed E-state index contributed by atoms with van der Waals surface area (Å²) in [6.07, 6.45) is 0.643. The van der Waals surface area contributed by atoms with Crippen LogP contribution >= 0.6 is 0 Å². The molecule has 134 valence electrons. The Hall–Kier alpha value is -2.44. The Bertz CT molecular complexity index is 873. The Balaban J connectivity index is 1.77. The van der Waals surface area contributed by atoms with Crippen LogP contribution in [-0.4, -0.2) is 31.9 Å². The number of rotatable bonds is 2. The predicted molar refractivity (Wildman–Crippen MR) is 92.3 cm³/mol. The van der Waals surface area contributed by atoms with Crippen molar-refractivity contribution in [2.75, 3.05) is 6.54 Å². The maximum atomic E-state index is 12.7. The number of oxazole rings is 1. The van der Waals surface area contributed by atoms with E-state index >= 15 is 0 Å². The van der Waals surface area contributed by atoms with Gasteiger partial charge in [-0.05, 0) is 19.9 Å². The van der Waals surface area contributed by atoms with Gasteiger partial charge in [-0.2, -0.15) is 4.98 Å². The molecule has 0 saturated carbocycles. The number of aromatic nitrogens is 3. The maximum absolute atomic E-state index is 12.7. The second-order valence-electron chi connectivity index (χ2n) is 7.61. The molecule has 2 aromatic heterocycles. The Morgan fingerprint density at radius 3 is 2.64 bits per heavy atom. The molecule has 2 aromatic rings. The molecular weight excluding hydrogens is 320 g/mol. The average Bonchev–Trinajstić information content (AvgIpc) is 2.93. The highest BCUT2D eigenvalue weighted by molar-refractivity contribution is 5.76. The molecule has 0 fully saturated rings. The normalized spacial score (nSPS) is 14.5. The Morgan fingerprint density at radius 2 is 2.00 bits per heavy atom. The van der Waals surface area contributed by atoms with E-state index in [2.05, 4.69) is 9.97 Å². The van der Waals surface area contributed by atoms with E-state index in [1.165, 1.54) is 4.57 Å². The van der Waals surface area contributed by atoms with Crippen LogP contribution in [0.1, 0.15) is 49.5 Å². The topological polar surface area (TPSA) is 81.2 Å². The molecule has 0 atom stereocenters. The third-order valence-corrected chi connectivity index (χ3v) is 4.36. The van der Waals surface area contributed by atoms with Gasteiger partial charge >= 0.3 is 5.69 Å². The summed E-state index contributed by atoms with van der Waals surface area (Å²) in [4.78, 5) is 34.9. The fraction of sp³-hybridized carbons (Fsp3) is 0.556. The fourth-order valence-electron chi connectivity index (χ4n) is 2.93. The molecule has 3 heterocycles. The minimum atomic E-state index is -0.389. The quantitative estimate of drug-likeness (QED) is 0.829. The van der Waals surface area contributed by atoms with Gasteiger partial charge in [0.1, 0.15) is 18.0 Å². The van der Waals surface area contributed by atoms with Crippen LogP contribution in [0.2, 0.25) is 0 Å². The van der Waals surface area contributed by atoms with Crippen LogP contribution in [0.5, 0.6) is 0 Å². The minimum Gasteiger partial charge on any atom is -0.445 e. The first-order valence-electron chi connectivity index (χ1n) is 8.47. The van der Waals surface area contributed by atoms with Gasteiger partial charge in [0.05, 0.1) is 6.54 Å². The number of carbonyl (C=O) groups excluding carboxylic acids is 1. The van der Waals surface area contributed by atoms with Crippen LogP contribution < -0.4 is 5.69 Å². The fourth-order valence-corrected chi connectivity index (χ4v) is 2.93. The monoisotopic (exact) mass is 344 g/mol. The number of aryl methyl sites for hydroxylation is 2. The van der Waals surface area contributed by atoms with Crippen LogP contribution in [0.15, 0.2) is 15.3 Å². The van der Waals surface area contributed by atoms with E-state index in [1.54, 1.807) is 17.9 Å². The molecule has 25 heavy (non-hydrogen) atoms. The van der Waals surface area contributed by atoms with E-state index in [9.17, 15) is 9.59 Å². The van der Waals surface area contributed by atoms with E-state index in [4.69, 9.17) is 4.42 Å². The van der Waals surface area contributed by atoms with Crippen LogP contribution in [0, 0.1) is 13.8 Å². The lowest BCUT2D eigenvalue weighted by molar-refractivity contribution is -0.133. The zero-order chi connectivity index (χ0) is 18.4. The van der Waals surface area contributed by atoms with Crippen molar-refractivity contribution < 1.29 is 9.21 Å². The molecule has 0 unspecified atom stereocenters. The number of hydrogen-bond donors (Lipinski definition) is 0. The highest BCUT2D eigenvalue weighted by Crippen LogP contribution is 2.27. The maximum Gasteiger partial charge on any atom is 0.348 e. The molecule has 0 bridgehead atoms. The van der Waals surface area contributed by atoms with Crippen molar-refractivity contribution in [2.45, 2.75) is 59.5 Å². The first-order valence-corrected chi connectivity index (χ1v) is 8.47. The molecule has 0 N–H and O–H groups in total. The van der Waals surface area contributed by atoms with Gasteiger partial charge in [0.25, 0.3) is 0 Å². The third kappa shape index (κ3) is 3.50. The third-order valence-electron chi connectivity index (χ3n) is 4.36. The van der Waals surface area contributed by atoms with Gasteiger partial charge < -0.3 is 9.32 Å². The van der Waals surface area contributed by atoms with Crippen molar-refractivity contribution in [1.29, 1.82) is 0 Å². The molecule has 3 rings (SSSR count). The van der Waals surface area contributed by atoms with E-state index < -0.39 is 0 Å². The van der Waals surface area contributed by atoms with Crippen LogP contribution in [0.4, 0.5) is 0 Å². The largest absolute Gasteiger partial charge is 0.445 e. The number of carbonyl (C=O) groups is 1. The lowest BCUT2D eigenvalue weighted by atomic mass is 9.97. The van der Waals surface area contributed by atoms with Crippen molar-refractivity contribution in [1.82, 2.24) is 19.4 Å². The molecule has 0 aliphatic carbocycles. The van der Waals surface area contributed by atoms with Crippen LogP contribution in [-0.2, 0) is 29.7 Å². The summed E-state index contributed by atoms with van der Waals surface area (Å²) in [7, 11) is 0. The van der Waals surface area contributed by atoms with Crippen molar-refractivity contribution in [3.8, 4) is 0 Å².